The maximum atomic E-state index is 12.9. The zero-order valence-corrected chi connectivity index (χ0v) is 18.6. The molecular formula is C22H25F2N3O5S. The molecule has 1 heterocycles. The van der Waals surface area contributed by atoms with Gasteiger partial charge in [0.1, 0.15) is 5.75 Å². The van der Waals surface area contributed by atoms with E-state index in [1.54, 1.807) is 12.1 Å². The molecule has 0 unspecified atom stereocenters. The highest BCUT2D eigenvalue weighted by Gasteiger charge is 2.25. The number of rotatable bonds is 9. The van der Waals surface area contributed by atoms with Crippen molar-refractivity contribution in [1.82, 2.24) is 4.31 Å². The number of ether oxygens (including phenoxy) is 1. The first-order valence-corrected chi connectivity index (χ1v) is 11.9. The molecule has 1 saturated heterocycles. The van der Waals surface area contributed by atoms with E-state index in [9.17, 15) is 22.0 Å². The third-order valence-electron chi connectivity index (χ3n) is 4.90. The van der Waals surface area contributed by atoms with E-state index in [0.717, 1.165) is 25.7 Å². The topological polar surface area (TPSA) is 97.3 Å². The molecule has 0 spiro atoms. The van der Waals surface area contributed by atoms with Crippen molar-refractivity contribution in [3.8, 4) is 5.75 Å². The quantitative estimate of drug-likeness (QED) is 0.434. The third kappa shape index (κ3) is 7.50. The molecule has 0 aromatic heterocycles. The zero-order chi connectivity index (χ0) is 23.7. The van der Waals surface area contributed by atoms with Crippen LogP contribution in [0.4, 0.5) is 14.5 Å². The summed E-state index contributed by atoms with van der Waals surface area (Å²) in [5.74, 6) is -0.500. The molecule has 2 aromatic rings. The Bertz CT molecular complexity index is 1050. The normalized spacial score (nSPS) is 15.4. The lowest BCUT2D eigenvalue weighted by Crippen LogP contribution is -2.32. The van der Waals surface area contributed by atoms with Crippen LogP contribution in [-0.2, 0) is 19.7 Å². The van der Waals surface area contributed by atoms with E-state index in [1.807, 2.05) is 0 Å². The summed E-state index contributed by atoms with van der Waals surface area (Å²) in [4.78, 5) is 17.2. The number of carbonyl (C=O) groups is 1. The highest BCUT2D eigenvalue weighted by molar-refractivity contribution is 7.89. The van der Waals surface area contributed by atoms with E-state index in [0.29, 0.717) is 24.3 Å². The Hall–Kier alpha value is -3.05. The standard InChI is InChI=1S/C22H25F2N3O5S/c23-22(24)32-19-10-8-17(9-11-19)15-25-31-16-21(28)26-18-6-5-7-20(14-18)33(29,30)27-12-3-1-2-4-13-27/h5-11,14-15,22H,1-4,12-13,16H2,(H,26,28)/b25-15+. The number of oxime groups is 1. The van der Waals surface area contributed by atoms with Crippen LogP contribution >= 0.6 is 0 Å². The van der Waals surface area contributed by atoms with Gasteiger partial charge in [0.2, 0.25) is 10.0 Å². The van der Waals surface area contributed by atoms with E-state index in [1.165, 1.54) is 46.9 Å². The number of halogens is 2. The predicted octanol–water partition coefficient (Wildman–Crippen LogP) is 3.84. The highest BCUT2D eigenvalue weighted by Crippen LogP contribution is 2.22. The van der Waals surface area contributed by atoms with Gasteiger partial charge in [0, 0.05) is 18.8 Å². The number of hydrogen-bond donors (Lipinski definition) is 1. The van der Waals surface area contributed by atoms with Crippen LogP contribution in [-0.4, -0.2) is 51.2 Å². The number of alkyl halides is 2. The number of amides is 1. The van der Waals surface area contributed by atoms with Crippen molar-refractivity contribution in [2.75, 3.05) is 25.0 Å². The summed E-state index contributed by atoms with van der Waals surface area (Å²) in [6, 6.07) is 11.8. The minimum atomic E-state index is -3.63. The number of benzene rings is 2. The van der Waals surface area contributed by atoms with Crippen molar-refractivity contribution in [2.24, 2.45) is 5.16 Å². The Morgan fingerprint density at radius 1 is 1.09 bits per heavy atom. The van der Waals surface area contributed by atoms with Gasteiger partial charge in [-0.3, -0.25) is 4.79 Å². The van der Waals surface area contributed by atoms with Crippen molar-refractivity contribution in [1.29, 1.82) is 0 Å². The first-order valence-electron chi connectivity index (χ1n) is 10.4. The fourth-order valence-electron chi connectivity index (χ4n) is 3.29. The molecule has 1 N–H and O–H groups in total. The number of hydrogen-bond acceptors (Lipinski definition) is 6. The summed E-state index contributed by atoms with van der Waals surface area (Å²) in [7, 11) is -3.63. The van der Waals surface area contributed by atoms with Gasteiger partial charge in [0.15, 0.2) is 6.61 Å². The smallest absolute Gasteiger partial charge is 0.387 e. The molecule has 1 aliphatic rings. The van der Waals surface area contributed by atoms with Crippen molar-refractivity contribution in [2.45, 2.75) is 37.2 Å². The lowest BCUT2D eigenvalue weighted by Gasteiger charge is -2.20. The molecule has 1 amide bonds. The van der Waals surface area contributed by atoms with E-state index in [-0.39, 0.29) is 10.6 Å². The molecule has 8 nitrogen and oxygen atoms in total. The first kappa shape index (κ1) is 24.6. The van der Waals surface area contributed by atoms with Crippen LogP contribution in [0, 0.1) is 0 Å². The molecule has 0 aliphatic carbocycles. The second kappa shape index (κ2) is 11.7. The lowest BCUT2D eigenvalue weighted by atomic mass is 10.2. The average molecular weight is 482 g/mol. The number of sulfonamides is 1. The Morgan fingerprint density at radius 2 is 1.79 bits per heavy atom. The number of nitrogens with zero attached hydrogens (tertiary/aromatic N) is 2. The van der Waals surface area contributed by atoms with Gasteiger partial charge < -0.3 is 14.9 Å². The Labute approximate surface area is 191 Å². The summed E-state index contributed by atoms with van der Waals surface area (Å²) in [6.07, 6.45) is 5.02. The molecule has 1 aliphatic heterocycles. The zero-order valence-electron chi connectivity index (χ0n) is 17.8. The van der Waals surface area contributed by atoms with Gasteiger partial charge in [-0.15, -0.1) is 0 Å². The molecule has 0 atom stereocenters. The van der Waals surface area contributed by atoms with E-state index >= 15 is 0 Å². The van der Waals surface area contributed by atoms with Gasteiger partial charge in [0.25, 0.3) is 5.91 Å². The fourth-order valence-corrected chi connectivity index (χ4v) is 4.86. The van der Waals surface area contributed by atoms with Crippen molar-refractivity contribution < 1.29 is 31.6 Å². The van der Waals surface area contributed by atoms with Crippen LogP contribution in [0.15, 0.2) is 58.6 Å². The van der Waals surface area contributed by atoms with Crippen molar-refractivity contribution in [3.05, 3.63) is 54.1 Å². The largest absolute Gasteiger partial charge is 0.435 e. The number of nitrogens with one attached hydrogen (secondary N) is 1. The van der Waals surface area contributed by atoms with Gasteiger partial charge in [-0.25, -0.2) is 8.42 Å². The van der Waals surface area contributed by atoms with Crippen molar-refractivity contribution >= 4 is 27.8 Å². The van der Waals surface area contributed by atoms with Crippen LogP contribution in [0.5, 0.6) is 5.75 Å². The van der Waals surface area contributed by atoms with E-state index in [2.05, 4.69) is 15.2 Å². The monoisotopic (exact) mass is 481 g/mol. The summed E-state index contributed by atoms with van der Waals surface area (Å²) in [5, 5.41) is 6.25. The lowest BCUT2D eigenvalue weighted by molar-refractivity contribution is -0.120. The summed E-state index contributed by atoms with van der Waals surface area (Å²) in [6.45, 7) is -2.31. The Morgan fingerprint density at radius 3 is 2.45 bits per heavy atom. The van der Waals surface area contributed by atoms with Crippen LogP contribution in [0.25, 0.3) is 0 Å². The molecule has 178 valence electrons. The molecule has 3 rings (SSSR count). The van der Waals surface area contributed by atoms with Gasteiger partial charge >= 0.3 is 6.61 Å². The van der Waals surface area contributed by atoms with Crippen molar-refractivity contribution in [3.63, 3.8) is 0 Å². The molecule has 0 radical (unpaired) electrons. The van der Waals surface area contributed by atoms with Gasteiger partial charge in [-0.2, -0.15) is 13.1 Å². The summed E-state index contributed by atoms with van der Waals surface area (Å²) >= 11 is 0. The molecular weight excluding hydrogens is 456 g/mol. The van der Waals surface area contributed by atoms with Gasteiger partial charge in [-0.1, -0.05) is 24.1 Å². The Kier molecular flexibility index (Phi) is 8.72. The van der Waals surface area contributed by atoms with Crippen LogP contribution in [0.3, 0.4) is 0 Å². The SMILES string of the molecule is O=C(CO/N=C/c1ccc(OC(F)F)cc1)Nc1cccc(S(=O)(=O)N2CCCCCC2)c1. The average Bonchev–Trinajstić information content (AvgIpc) is 3.08. The van der Waals surface area contributed by atoms with Crippen LogP contribution in [0.2, 0.25) is 0 Å². The summed E-state index contributed by atoms with van der Waals surface area (Å²) in [5.41, 5.74) is 0.890. The van der Waals surface area contributed by atoms with Crippen LogP contribution in [0.1, 0.15) is 31.2 Å². The maximum absolute atomic E-state index is 12.9. The molecule has 0 bridgehead atoms. The fraction of sp³-hybridized carbons (Fsp3) is 0.364. The molecule has 2 aromatic carbocycles. The van der Waals surface area contributed by atoms with Crippen LogP contribution < -0.4 is 10.1 Å². The number of carbonyl (C=O) groups excluding carboxylic acids is 1. The minimum Gasteiger partial charge on any atom is -0.435 e. The first-order chi connectivity index (χ1) is 15.8. The van der Waals surface area contributed by atoms with E-state index < -0.39 is 29.1 Å². The molecule has 33 heavy (non-hydrogen) atoms. The predicted molar refractivity (Wildman–Crippen MR) is 119 cm³/mol. The second-order valence-corrected chi connectivity index (χ2v) is 9.29. The third-order valence-corrected chi connectivity index (χ3v) is 6.79. The Balaban J connectivity index is 1.52. The minimum absolute atomic E-state index is 0.0162. The molecule has 0 saturated carbocycles. The second-order valence-electron chi connectivity index (χ2n) is 7.35. The highest BCUT2D eigenvalue weighted by atomic mass is 32.2. The summed E-state index contributed by atoms with van der Waals surface area (Å²) < 4.78 is 55.9. The van der Waals surface area contributed by atoms with Gasteiger partial charge in [0.05, 0.1) is 11.1 Å². The van der Waals surface area contributed by atoms with E-state index in [4.69, 9.17) is 4.84 Å². The maximum Gasteiger partial charge on any atom is 0.387 e. The number of anilines is 1. The molecule has 1 fully saturated rings. The van der Waals surface area contributed by atoms with Gasteiger partial charge in [-0.05, 0) is 60.9 Å². The molecule has 11 heteroatoms.